The number of rotatable bonds is 7. The third kappa shape index (κ3) is 8.31. The first-order valence-corrected chi connectivity index (χ1v) is 14.7. The van der Waals surface area contributed by atoms with Gasteiger partial charge in [-0.2, -0.15) is 0 Å². The predicted molar refractivity (Wildman–Crippen MR) is 165 cm³/mol. The third-order valence-electron chi connectivity index (χ3n) is 7.76. The molecule has 1 unspecified atom stereocenters. The van der Waals surface area contributed by atoms with Crippen molar-refractivity contribution in [1.29, 1.82) is 0 Å². The van der Waals surface area contributed by atoms with Crippen LogP contribution in [-0.4, -0.2) is 53.3 Å². The van der Waals surface area contributed by atoms with Gasteiger partial charge in [-0.3, -0.25) is 19.2 Å². The maximum Gasteiger partial charge on any atom is 0.243 e. The van der Waals surface area contributed by atoms with Gasteiger partial charge in [0.05, 0.1) is 0 Å². The zero-order valence-electron chi connectivity index (χ0n) is 24.0. The molecule has 1 fully saturated rings. The minimum absolute atomic E-state index is 0.0246. The number of H-pyrrole nitrogens is 1. The second-order valence-electron chi connectivity index (χ2n) is 11.0. The summed E-state index contributed by atoms with van der Waals surface area (Å²) in [6.07, 6.45) is 3.52. The van der Waals surface area contributed by atoms with Crippen molar-refractivity contribution in [3.05, 3.63) is 108 Å². The van der Waals surface area contributed by atoms with Crippen LogP contribution in [0.25, 0.3) is 10.9 Å². The van der Waals surface area contributed by atoms with Gasteiger partial charge < -0.3 is 26.3 Å². The number of fused-ring (bicyclic) bond motifs is 1. The maximum absolute atomic E-state index is 13.8. The average Bonchev–Trinajstić information content (AvgIpc) is 3.43. The third-order valence-corrected chi connectivity index (χ3v) is 7.76. The Kier molecular flexibility index (Phi) is 9.84. The van der Waals surface area contributed by atoms with E-state index in [-0.39, 0.29) is 50.1 Å². The summed E-state index contributed by atoms with van der Waals surface area (Å²) in [7, 11) is 0. The molecule has 1 saturated heterocycles. The Morgan fingerprint density at radius 1 is 0.628 bits per heavy atom. The Labute approximate surface area is 250 Å². The molecule has 3 atom stereocenters. The molecule has 0 aliphatic carbocycles. The molecule has 9 heteroatoms. The van der Waals surface area contributed by atoms with Crippen LogP contribution in [-0.2, 0) is 38.4 Å². The fraction of sp³-hybridized carbons (Fsp3) is 0.294. The van der Waals surface area contributed by atoms with Crippen LogP contribution in [0, 0.1) is 0 Å². The quantitative estimate of drug-likeness (QED) is 0.230. The van der Waals surface area contributed by atoms with Crippen LogP contribution in [0.3, 0.4) is 0 Å². The van der Waals surface area contributed by atoms with Crippen LogP contribution >= 0.6 is 0 Å². The summed E-state index contributed by atoms with van der Waals surface area (Å²) in [6.45, 7) is 0.216. The van der Waals surface area contributed by atoms with Crippen LogP contribution in [0.2, 0.25) is 0 Å². The number of hydrogen-bond acceptors (Lipinski definition) is 4. The molecule has 0 bridgehead atoms. The molecule has 222 valence electrons. The Morgan fingerprint density at radius 3 is 2.02 bits per heavy atom. The molecule has 1 aromatic heterocycles. The van der Waals surface area contributed by atoms with Gasteiger partial charge in [0.25, 0.3) is 0 Å². The van der Waals surface area contributed by atoms with Crippen molar-refractivity contribution in [2.24, 2.45) is 0 Å². The van der Waals surface area contributed by atoms with Gasteiger partial charge in [-0.05, 0) is 35.6 Å². The second-order valence-corrected chi connectivity index (χ2v) is 11.0. The number of carbonyl (C=O) groups excluding carboxylic acids is 4. The minimum Gasteiger partial charge on any atom is -0.361 e. The van der Waals surface area contributed by atoms with E-state index >= 15 is 0 Å². The predicted octanol–water partition coefficient (Wildman–Crippen LogP) is 2.95. The van der Waals surface area contributed by atoms with Crippen molar-refractivity contribution in [1.82, 2.24) is 26.3 Å². The molecule has 43 heavy (non-hydrogen) atoms. The Morgan fingerprint density at radius 2 is 1.26 bits per heavy atom. The van der Waals surface area contributed by atoms with E-state index in [0.29, 0.717) is 12.8 Å². The normalized spacial score (nSPS) is 20.4. The molecule has 4 aromatic rings. The van der Waals surface area contributed by atoms with E-state index in [1.807, 2.05) is 91.1 Å². The Balaban J connectivity index is 1.40. The highest BCUT2D eigenvalue weighted by Crippen LogP contribution is 2.19. The molecule has 0 saturated carbocycles. The van der Waals surface area contributed by atoms with Crippen molar-refractivity contribution < 1.29 is 19.2 Å². The number of para-hydroxylation sites is 1. The average molecular weight is 580 g/mol. The van der Waals surface area contributed by atoms with Gasteiger partial charge in [0.15, 0.2) is 0 Å². The van der Waals surface area contributed by atoms with Crippen molar-refractivity contribution in [3.8, 4) is 0 Å². The number of hydrogen-bond donors (Lipinski definition) is 5. The number of nitrogens with one attached hydrogen (secondary N) is 5. The molecule has 0 spiro atoms. The topological polar surface area (TPSA) is 132 Å². The van der Waals surface area contributed by atoms with Crippen molar-refractivity contribution in [3.63, 3.8) is 0 Å². The molecule has 0 radical (unpaired) electrons. The Bertz CT molecular complexity index is 1550. The fourth-order valence-corrected chi connectivity index (χ4v) is 5.39. The number of aromatic amines is 1. The van der Waals surface area contributed by atoms with Gasteiger partial charge in [0.1, 0.15) is 12.1 Å². The number of carbonyl (C=O) groups is 4. The molecule has 4 amide bonds. The smallest absolute Gasteiger partial charge is 0.243 e. The van der Waals surface area contributed by atoms with Gasteiger partial charge in [0, 0.05) is 55.4 Å². The second kappa shape index (κ2) is 14.3. The zero-order chi connectivity index (χ0) is 30.0. The summed E-state index contributed by atoms with van der Waals surface area (Å²) >= 11 is 0. The summed E-state index contributed by atoms with van der Waals surface area (Å²) in [5.41, 5.74) is 3.79. The van der Waals surface area contributed by atoms with Crippen molar-refractivity contribution >= 4 is 34.5 Å². The monoisotopic (exact) mass is 579 g/mol. The molecular weight excluding hydrogens is 542 g/mol. The van der Waals surface area contributed by atoms with Gasteiger partial charge >= 0.3 is 0 Å². The van der Waals surface area contributed by atoms with E-state index in [1.54, 1.807) is 0 Å². The van der Waals surface area contributed by atoms with E-state index in [0.717, 1.165) is 27.6 Å². The summed E-state index contributed by atoms with van der Waals surface area (Å²) in [5.74, 6) is -1.50. The van der Waals surface area contributed by atoms with Crippen LogP contribution < -0.4 is 21.3 Å². The summed E-state index contributed by atoms with van der Waals surface area (Å²) < 4.78 is 0. The van der Waals surface area contributed by atoms with E-state index in [2.05, 4.69) is 26.3 Å². The van der Waals surface area contributed by atoms with Crippen molar-refractivity contribution in [2.45, 2.75) is 56.7 Å². The lowest BCUT2D eigenvalue weighted by Crippen LogP contribution is -2.57. The van der Waals surface area contributed by atoms with Gasteiger partial charge in [-0.25, -0.2) is 0 Å². The van der Waals surface area contributed by atoms with Crippen LogP contribution in [0.4, 0.5) is 0 Å². The number of amides is 4. The number of aryl methyl sites for hydroxylation is 1. The molecule has 9 nitrogen and oxygen atoms in total. The Hall–Kier alpha value is -4.92. The molecule has 1 aliphatic rings. The highest BCUT2D eigenvalue weighted by Gasteiger charge is 2.29. The first-order valence-electron chi connectivity index (χ1n) is 14.7. The lowest BCUT2D eigenvalue weighted by Gasteiger charge is -2.27. The molecule has 3 aromatic carbocycles. The number of aromatic nitrogens is 1. The largest absolute Gasteiger partial charge is 0.361 e. The molecule has 2 heterocycles. The first-order chi connectivity index (χ1) is 20.9. The first kappa shape index (κ1) is 29.6. The summed E-state index contributed by atoms with van der Waals surface area (Å²) in [4.78, 5) is 56.4. The highest BCUT2D eigenvalue weighted by molar-refractivity contribution is 5.94. The van der Waals surface area contributed by atoms with E-state index < -0.39 is 23.9 Å². The van der Waals surface area contributed by atoms with E-state index in [4.69, 9.17) is 0 Å². The lowest BCUT2D eigenvalue weighted by atomic mass is 10.0. The standard InChI is InChI=1S/C34H37N5O4/c40-31-17-18-32(41)38-30(20-25-21-35-28-14-8-7-13-27(25)28)34(43)39-29(19-24-11-5-2-6-12-24)33(42)37-26(22-36-31)16-15-23-9-3-1-4-10-23/h1-14,21,26,29-30,35H,15-20,22H2,(H,36,40)(H,37,42)(H,38,41)(H,39,43)/t26?,29-,30-/m0/s1. The molecular formula is C34H37N5O4. The summed E-state index contributed by atoms with van der Waals surface area (Å²) in [5, 5.41) is 12.7. The van der Waals surface area contributed by atoms with Gasteiger partial charge in [0.2, 0.25) is 23.6 Å². The van der Waals surface area contributed by atoms with Crippen LogP contribution in [0.15, 0.2) is 91.1 Å². The summed E-state index contributed by atoms with van der Waals surface area (Å²) in [6, 6.07) is 24.9. The van der Waals surface area contributed by atoms with Crippen LogP contribution in [0.1, 0.15) is 36.0 Å². The van der Waals surface area contributed by atoms with Gasteiger partial charge in [-0.15, -0.1) is 0 Å². The fourth-order valence-electron chi connectivity index (χ4n) is 5.39. The molecule has 1 aliphatic heterocycles. The zero-order valence-corrected chi connectivity index (χ0v) is 24.0. The minimum atomic E-state index is -0.947. The molecule has 5 N–H and O–H groups in total. The van der Waals surface area contributed by atoms with Crippen LogP contribution in [0.5, 0.6) is 0 Å². The maximum atomic E-state index is 13.8. The highest BCUT2D eigenvalue weighted by atomic mass is 16.2. The lowest BCUT2D eigenvalue weighted by molar-refractivity contribution is -0.133. The van der Waals surface area contributed by atoms with E-state index in [1.165, 1.54) is 0 Å². The van der Waals surface area contributed by atoms with Gasteiger partial charge in [-0.1, -0.05) is 78.9 Å². The van der Waals surface area contributed by atoms with E-state index in [9.17, 15) is 19.2 Å². The molecule has 5 rings (SSSR count). The van der Waals surface area contributed by atoms with Crippen molar-refractivity contribution in [2.75, 3.05) is 6.54 Å². The SMILES string of the molecule is O=C1CCC(=O)N[C@@H](Cc2c[nH]c3ccccc23)C(=O)N[C@@H](Cc2ccccc2)C(=O)NC(CCc2ccccc2)CN1. The number of benzene rings is 3.